The van der Waals surface area contributed by atoms with E-state index in [1.807, 2.05) is 49.3 Å². The van der Waals surface area contributed by atoms with Crippen LogP contribution in [0.3, 0.4) is 0 Å². The van der Waals surface area contributed by atoms with Gasteiger partial charge in [0.1, 0.15) is 11.9 Å². The molecule has 216 valence electrons. The Bertz CT molecular complexity index is 1660. The van der Waals surface area contributed by atoms with Crippen molar-refractivity contribution in [2.75, 3.05) is 13.1 Å². The number of piperidine rings is 1. The third kappa shape index (κ3) is 5.98. The highest BCUT2D eigenvalue weighted by molar-refractivity contribution is 6.21. The van der Waals surface area contributed by atoms with Gasteiger partial charge in [0.25, 0.3) is 0 Å². The van der Waals surface area contributed by atoms with E-state index >= 15 is 0 Å². The summed E-state index contributed by atoms with van der Waals surface area (Å²) in [7, 11) is 0. The maximum Gasteiger partial charge on any atom is 0.160 e. The molecule has 3 aromatic heterocycles. The smallest absolute Gasteiger partial charge is 0.160 e. The van der Waals surface area contributed by atoms with Crippen LogP contribution in [0.1, 0.15) is 50.3 Å². The summed E-state index contributed by atoms with van der Waals surface area (Å²) in [6.07, 6.45) is 11.1. The van der Waals surface area contributed by atoms with Crippen LogP contribution in [-0.4, -0.2) is 60.1 Å². The number of aliphatic hydroxyl groups is 1. The second kappa shape index (κ2) is 11.5. The lowest BCUT2D eigenvalue weighted by Crippen LogP contribution is -2.41. The number of benzene rings is 1. The molecule has 1 aromatic carbocycles. The van der Waals surface area contributed by atoms with Gasteiger partial charge in [0.15, 0.2) is 5.65 Å². The highest BCUT2D eigenvalue weighted by Gasteiger charge is 2.27. The summed E-state index contributed by atoms with van der Waals surface area (Å²) >= 11 is 0. The van der Waals surface area contributed by atoms with Gasteiger partial charge >= 0.3 is 0 Å². The van der Waals surface area contributed by atoms with Gasteiger partial charge < -0.3 is 25.7 Å². The molecule has 0 bridgehead atoms. The zero-order valence-corrected chi connectivity index (χ0v) is 24.4. The van der Waals surface area contributed by atoms with E-state index in [0.717, 1.165) is 78.2 Å². The quantitative estimate of drug-likeness (QED) is 0.228. The second-order valence-electron chi connectivity index (χ2n) is 11.5. The number of pyridine rings is 2. The van der Waals surface area contributed by atoms with Crippen molar-refractivity contribution < 1.29 is 5.11 Å². The van der Waals surface area contributed by atoms with E-state index in [9.17, 15) is 5.11 Å². The summed E-state index contributed by atoms with van der Waals surface area (Å²) in [5.74, 6) is 0. The normalized spacial score (nSPS) is 18.9. The van der Waals surface area contributed by atoms with Gasteiger partial charge in [-0.2, -0.15) is 0 Å². The van der Waals surface area contributed by atoms with E-state index in [2.05, 4.69) is 68.8 Å². The average Bonchev–Trinajstić information content (AvgIpc) is 3.67. The molecule has 42 heavy (non-hydrogen) atoms. The largest absolute Gasteiger partial charge is 0.390 e. The number of nitrogens with one attached hydrogen (secondary N) is 3. The molecule has 6 rings (SSSR count). The van der Waals surface area contributed by atoms with Gasteiger partial charge in [-0.25, -0.2) is 15.0 Å². The zero-order valence-electron chi connectivity index (χ0n) is 24.4. The number of rotatable bonds is 8. The van der Waals surface area contributed by atoms with E-state index in [4.69, 9.17) is 10.4 Å². The Labute approximate surface area is 246 Å². The fourth-order valence-corrected chi connectivity index (χ4v) is 5.59. The molecule has 4 aromatic rings. The number of aryl methyl sites for hydroxylation is 1. The van der Waals surface area contributed by atoms with E-state index in [0.29, 0.717) is 11.4 Å². The molecule has 1 unspecified atom stereocenters. The van der Waals surface area contributed by atoms with Gasteiger partial charge in [-0.15, -0.1) is 0 Å². The minimum atomic E-state index is -0.538. The number of imidazole rings is 1. The predicted octanol–water partition coefficient (Wildman–Crippen LogP) is 4.80. The third-order valence-electron chi connectivity index (χ3n) is 8.21. The Morgan fingerprint density at radius 1 is 1.10 bits per heavy atom. The van der Waals surface area contributed by atoms with E-state index in [1.54, 1.807) is 6.20 Å². The van der Waals surface area contributed by atoms with E-state index in [1.165, 1.54) is 5.56 Å². The molecule has 0 aliphatic carbocycles. The molecular formula is C33H38N8O. The molecule has 1 fully saturated rings. The van der Waals surface area contributed by atoms with Crippen LogP contribution < -0.4 is 10.6 Å². The topological polar surface area (TPSA) is 115 Å². The molecule has 0 amide bonds. The molecule has 0 radical (unpaired) electrons. The van der Waals surface area contributed by atoms with Crippen molar-refractivity contribution in [1.29, 1.82) is 5.41 Å². The maximum atomic E-state index is 10.2. The molecule has 1 atom stereocenters. The van der Waals surface area contributed by atoms with Crippen LogP contribution in [0.2, 0.25) is 0 Å². The van der Waals surface area contributed by atoms with Crippen LogP contribution in [0.5, 0.6) is 0 Å². The van der Waals surface area contributed by atoms with Crippen LogP contribution in [0.15, 0.2) is 73.5 Å². The zero-order chi connectivity index (χ0) is 29.3. The van der Waals surface area contributed by atoms with Crippen molar-refractivity contribution in [1.82, 2.24) is 35.1 Å². The van der Waals surface area contributed by atoms with Crippen LogP contribution >= 0.6 is 0 Å². The molecular weight excluding hydrogens is 524 g/mol. The first-order chi connectivity index (χ1) is 20.3. The molecule has 0 spiro atoms. The molecule has 5 heterocycles. The Hall–Kier alpha value is -4.34. The fraction of sp³-hybridized carbons (Fsp3) is 0.333. The van der Waals surface area contributed by atoms with Crippen molar-refractivity contribution in [3.05, 3.63) is 90.2 Å². The lowest BCUT2D eigenvalue weighted by molar-refractivity contribution is -0.00730. The van der Waals surface area contributed by atoms with Crippen LogP contribution in [0.25, 0.3) is 33.7 Å². The summed E-state index contributed by atoms with van der Waals surface area (Å²) in [5, 5.41) is 26.7. The van der Waals surface area contributed by atoms with Gasteiger partial charge in [-0.1, -0.05) is 24.3 Å². The molecule has 2 aliphatic heterocycles. The average molecular weight is 563 g/mol. The predicted molar refractivity (Wildman–Crippen MR) is 167 cm³/mol. The van der Waals surface area contributed by atoms with E-state index < -0.39 is 5.60 Å². The van der Waals surface area contributed by atoms with Crippen molar-refractivity contribution >= 4 is 28.0 Å². The van der Waals surface area contributed by atoms with Crippen LogP contribution in [0, 0.1) is 5.41 Å². The Balaban J connectivity index is 1.16. The summed E-state index contributed by atoms with van der Waals surface area (Å²) < 4.78 is 2.03. The van der Waals surface area contributed by atoms with Crippen molar-refractivity contribution in [3.63, 3.8) is 0 Å². The van der Waals surface area contributed by atoms with Crippen molar-refractivity contribution in [2.24, 2.45) is 0 Å². The molecule has 9 nitrogen and oxygen atoms in total. The summed E-state index contributed by atoms with van der Waals surface area (Å²) in [4.78, 5) is 16.2. The SMILES string of the molecule is CCn1cnc(-c2ccc3c(C4=CNC(/C=C(\C(C)=N)c5ccc(CN6CCC(C)(O)CC6)cc5)N4)ccnc3n2)c1. The molecule has 2 aliphatic rings. The molecule has 1 saturated heterocycles. The number of hydrogen-bond donors (Lipinski definition) is 4. The fourth-order valence-electron chi connectivity index (χ4n) is 5.59. The number of hydrogen-bond acceptors (Lipinski definition) is 8. The summed E-state index contributed by atoms with van der Waals surface area (Å²) in [5.41, 5.74) is 7.37. The number of aromatic nitrogens is 4. The monoisotopic (exact) mass is 562 g/mol. The highest BCUT2D eigenvalue weighted by atomic mass is 16.3. The minimum Gasteiger partial charge on any atom is -0.390 e. The molecule has 4 N–H and O–H groups in total. The lowest BCUT2D eigenvalue weighted by atomic mass is 9.93. The standard InChI is InChI=1S/C33H38N8O/c1-4-40-20-30(37-21-40)28-10-9-26-25(11-14-35-32(26)39-28)29-18-36-31(38-29)17-27(22(2)34)24-7-5-23(6-8-24)19-41-15-12-33(3,42)13-16-41/h5-11,14,17-18,20-21,31,34,36,38,42H,4,12-13,15-16,19H2,1-3H3/b27-17+,34-22?. The van der Waals surface area contributed by atoms with Gasteiger partial charge in [0.2, 0.25) is 0 Å². The van der Waals surface area contributed by atoms with Crippen molar-refractivity contribution in [3.8, 4) is 11.4 Å². The third-order valence-corrected chi connectivity index (χ3v) is 8.21. The van der Waals surface area contributed by atoms with Gasteiger partial charge in [-0.3, -0.25) is 4.90 Å². The first kappa shape index (κ1) is 27.8. The van der Waals surface area contributed by atoms with Gasteiger partial charge in [0.05, 0.1) is 23.3 Å². The first-order valence-electron chi connectivity index (χ1n) is 14.6. The number of allylic oxidation sites excluding steroid dienone is 1. The van der Waals surface area contributed by atoms with E-state index in [-0.39, 0.29) is 6.17 Å². The summed E-state index contributed by atoms with van der Waals surface area (Å²) in [6, 6.07) is 14.5. The van der Waals surface area contributed by atoms with Gasteiger partial charge in [0, 0.05) is 67.0 Å². The number of nitrogens with zero attached hydrogens (tertiary/aromatic N) is 5. The summed E-state index contributed by atoms with van der Waals surface area (Å²) in [6.45, 7) is 9.38. The Morgan fingerprint density at radius 2 is 1.88 bits per heavy atom. The maximum absolute atomic E-state index is 10.2. The highest BCUT2D eigenvalue weighted by Crippen LogP contribution is 2.27. The molecule has 9 heteroatoms. The second-order valence-corrected chi connectivity index (χ2v) is 11.5. The lowest BCUT2D eigenvalue weighted by Gasteiger charge is -2.35. The Morgan fingerprint density at radius 3 is 2.60 bits per heavy atom. The minimum absolute atomic E-state index is 0.162. The number of fused-ring (bicyclic) bond motifs is 1. The van der Waals surface area contributed by atoms with Crippen LogP contribution in [-0.2, 0) is 13.1 Å². The van der Waals surface area contributed by atoms with Crippen molar-refractivity contribution in [2.45, 2.75) is 58.5 Å². The van der Waals surface area contributed by atoms with Gasteiger partial charge in [-0.05, 0) is 69.0 Å². The molecule has 0 saturated carbocycles. The number of likely N-dealkylation sites (tertiary alicyclic amines) is 1. The van der Waals surface area contributed by atoms with Crippen LogP contribution in [0.4, 0.5) is 0 Å². The first-order valence-corrected chi connectivity index (χ1v) is 14.6. The Kier molecular flexibility index (Phi) is 7.62.